The van der Waals surface area contributed by atoms with Crippen molar-refractivity contribution in [3.05, 3.63) is 78.4 Å². The van der Waals surface area contributed by atoms with Gasteiger partial charge in [0, 0.05) is 16.9 Å². The SMILES string of the molecule is Cc1ccccc1NC(=O)Nc1cccc(-c2ccccc2S(=O)(=O)O)c1. The van der Waals surface area contributed by atoms with E-state index in [0.29, 0.717) is 22.5 Å². The normalized spacial score (nSPS) is 11.0. The molecule has 2 amide bonds. The second-order valence-corrected chi connectivity index (χ2v) is 7.34. The maximum atomic E-state index is 12.2. The Kier molecular flexibility index (Phi) is 5.25. The molecule has 3 N–H and O–H groups in total. The van der Waals surface area contributed by atoms with Gasteiger partial charge in [0.1, 0.15) is 4.90 Å². The largest absolute Gasteiger partial charge is 0.323 e. The standard InChI is InChI=1S/C20H18N2O4S/c1-14-7-2-4-11-18(14)22-20(23)21-16-9-6-8-15(13-16)17-10-3-5-12-19(17)27(24,25)26/h2-13H,1H3,(H2,21,22,23)(H,24,25,26). The number of para-hydroxylation sites is 1. The number of rotatable bonds is 4. The molecule has 138 valence electrons. The van der Waals surface area contributed by atoms with Crippen LogP contribution in [0, 0.1) is 6.92 Å². The van der Waals surface area contributed by atoms with E-state index in [-0.39, 0.29) is 4.90 Å². The summed E-state index contributed by atoms with van der Waals surface area (Å²) < 4.78 is 32.6. The molecule has 7 heteroatoms. The van der Waals surface area contributed by atoms with Gasteiger partial charge in [-0.1, -0.05) is 48.5 Å². The molecule has 0 aliphatic carbocycles. The molecule has 0 atom stereocenters. The van der Waals surface area contributed by atoms with Crippen molar-refractivity contribution in [3.63, 3.8) is 0 Å². The predicted molar refractivity (Wildman–Crippen MR) is 106 cm³/mol. The Balaban J connectivity index is 1.85. The Hall–Kier alpha value is -3.16. The summed E-state index contributed by atoms with van der Waals surface area (Å²) in [7, 11) is -4.36. The highest BCUT2D eigenvalue weighted by Crippen LogP contribution is 2.29. The van der Waals surface area contributed by atoms with E-state index in [9.17, 15) is 17.8 Å². The maximum absolute atomic E-state index is 12.2. The van der Waals surface area contributed by atoms with Crippen LogP contribution >= 0.6 is 0 Å². The molecule has 6 nitrogen and oxygen atoms in total. The van der Waals surface area contributed by atoms with Gasteiger partial charge >= 0.3 is 6.03 Å². The fourth-order valence-corrected chi connectivity index (χ4v) is 3.41. The van der Waals surface area contributed by atoms with Crippen LogP contribution < -0.4 is 10.6 Å². The Morgan fingerprint density at radius 2 is 1.59 bits per heavy atom. The molecule has 0 heterocycles. The van der Waals surface area contributed by atoms with Gasteiger partial charge < -0.3 is 10.6 Å². The van der Waals surface area contributed by atoms with Gasteiger partial charge in [0.25, 0.3) is 10.1 Å². The summed E-state index contributed by atoms with van der Waals surface area (Å²) in [6.45, 7) is 1.89. The zero-order valence-electron chi connectivity index (χ0n) is 14.5. The Bertz CT molecular complexity index is 1090. The average Bonchev–Trinajstić information content (AvgIpc) is 2.63. The summed E-state index contributed by atoms with van der Waals surface area (Å²) in [4.78, 5) is 12.1. The minimum Gasteiger partial charge on any atom is -0.308 e. The van der Waals surface area contributed by atoms with E-state index in [2.05, 4.69) is 10.6 Å². The maximum Gasteiger partial charge on any atom is 0.323 e. The third-order valence-electron chi connectivity index (χ3n) is 3.99. The van der Waals surface area contributed by atoms with Gasteiger partial charge in [-0.3, -0.25) is 4.55 Å². The smallest absolute Gasteiger partial charge is 0.308 e. The summed E-state index contributed by atoms with van der Waals surface area (Å²) in [5.74, 6) is 0. The van der Waals surface area contributed by atoms with Crippen LogP contribution in [0.25, 0.3) is 11.1 Å². The van der Waals surface area contributed by atoms with Crippen molar-refractivity contribution >= 4 is 27.5 Å². The molecule has 3 aromatic carbocycles. The quantitative estimate of drug-likeness (QED) is 0.577. The zero-order chi connectivity index (χ0) is 19.4. The number of urea groups is 1. The molecule has 0 aliphatic rings. The van der Waals surface area contributed by atoms with Crippen LogP contribution in [-0.4, -0.2) is 19.0 Å². The molecule has 0 saturated heterocycles. The molecule has 3 rings (SSSR count). The van der Waals surface area contributed by atoms with Gasteiger partial charge in [-0.2, -0.15) is 8.42 Å². The van der Waals surface area contributed by atoms with Gasteiger partial charge in [0.2, 0.25) is 0 Å². The Labute approximate surface area is 157 Å². The highest BCUT2D eigenvalue weighted by molar-refractivity contribution is 7.86. The second kappa shape index (κ2) is 7.61. The van der Waals surface area contributed by atoms with Crippen molar-refractivity contribution in [1.29, 1.82) is 0 Å². The number of amides is 2. The van der Waals surface area contributed by atoms with Crippen molar-refractivity contribution in [2.45, 2.75) is 11.8 Å². The second-order valence-electron chi connectivity index (χ2n) is 5.95. The van der Waals surface area contributed by atoms with Crippen LogP contribution in [0.2, 0.25) is 0 Å². The number of carbonyl (C=O) groups is 1. The number of nitrogens with one attached hydrogen (secondary N) is 2. The van der Waals surface area contributed by atoms with Gasteiger partial charge in [-0.25, -0.2) is 4.79 Å². The molecular weight excluding hydrogens is 364 g/mol. The highest BCUT2D eigenvalue weighted by Gasteiger charge is 2.16. The van der Waals surface area contributed by atoms with Crippen LogP contribution in [-0.2, 0) is 10.1 Å². The molecule has 0 bridgehead atoms. The molecular formula is C20H18N2O4S. The zero-order valence-corrected chi connectivity index (χ0v) is 15.3. The fraction of sp³-hybridized carbons (Fsp3) is 0.0500. The number of carbonyl (C=O) groups excluding carboxylic acids is 1. The monoisotopic (exact) mass is 382 g/mol. The van der Waals surface area contributed by atoms with Gasteiger partial charge in [-0.15, -0.1) is 0 Å². The number of anilines is 2. The molecule has 0 saturated carbocycles. The lowest BCUT2D eigenvalue weighted by Gasteiger charge is -2.12. The average molecular weight is 382 g/mol. The molecule has 0 fully saturated rings. The lowest BCUT2D eigenvalue weighted by atomic mass is 10.1. The molecule has 27 heavy (non-hydrogen) atoms. The topological polar surface area (TPSA) is 95.5 Å². The Morgan fingerprint density at radius 3 is 2.33 bits per heavy atom. The van der Waals surface area contributed by atoms with E-state index in [4.69, 9.17) is 0 Å². The number of benzene rings is 3. The van der Waals surface area contributed by atoms with Gasteiger partial charge in [0.05, 0.1) is 0 Å². The van der Waals surface area contributed by atoms with Crippen LogP contribution in [0.15, 0.2) is 77.7 Å². The van der Waals surface area contributed by atoms with E-state index in [1.165, 1.54) is 12.1 Å². The van der Waals surface area contributed by atoms with E-state index in [1.807, 2.05) is 25.1 Å². The number of aryl methyl sites for hydroxylation is 1. The lowest BCUT2D eigenvalue weighted by Crippen LogP contribution is -2.19. The third-order valence-corrected chi connectivity index (χ3v) is 4.90. The predicted octanol–water partition coefficient (Wildman–Crippen LogP) is 4.55. The minimum absolute atomic E-state index is 0.188. The summed E-state index contributed by atoms with van der Waals surface area (Å²) in [6.07, 6.45) is 0. The van der Waals surface area contributed by atoms with E-state index < -0.39 is 16.1 Å². The van der Waals surface area contributed by atoms with Gasteiger partial charge in [-0.05, 0) is 42.3 Å². The molecule has 0 spiro atoms. The third kappa shape index (κ3) is 4.52. The number of hydrogen-bond donors (Lipinski definition) is 3. The fourth-order valence-electron chi connectivity index (χ4n) is 2.69. The Morgan fingerprint density at radius 1 is 0.889 bits per heavy atom. The molecule has 3 aromatic rings. The van der Waals surface area contributed by atoms with Crippen molar-refractivity contribution in [3.8, 4) is 11.1 Å². The summed E-state index contributed by atoms with van der Waals surface area (Å²) in [5.41, 5.74) is 3.02. The van der Waals surface area contributed by atoms with Crippen molar-refractivity contribution in [1.82, 2.24) is 0 Å². The molecule has 0 unspecified atom stereocenters. The summed E-state index contributed by atoms with van der Waals surface area (Å²) >= 11 is 0. The molecule has 0 radical (unpaired) electrons. The summed E-state index contributed by atoms with van der Waals surface area (Å²) in [6, 6.07) is 19.8. The van der Waals surface area contributed by atoms with E-state index >= 15 is 0 Å². The first kappa shape index (κ1) is 18.6. The van der Waals surface area contributed by atoms with Crippen LogP contribution in [0.5, 0.6) is 0 Å². The van der Waals surface area contributed by atoms with E-state index in [0.717, 1.165) is 5.56 Å². The van der Waals surface area contributed by atoms with Crippen LogP contribution in [0.4, 0.5) is 16.2 Å². The van der Waals surface area contributed by atoms with Crippen molar-refractivity contribution in [2.75, 3.05) is 10.6 Å². The van der Waals surface area contributed by atoms with E-state index in [1.54, 1.807) is 42.5 Å². The van der Waals surface area contributed by atoms with Crippen LogP contribution in [0.3, 0.4) is 0 Å². The first-order chi connectivity index (χ1) is 12.8. The summed E-state index contributed by atoms with van der Waals surface area (Å²) in [5, 5.41) is 5.49. The van der Waals surface area contributed by atoms with Crippen LogP contribution in [0.1, 0.15) is 5.56 Å². The van der Waals surface area contributed by atoms with Crippen molar-refractivity contribution < 1.29 is 17.8 Å². The number of hydrogen-bond acceptors (Lipinski definition) is 3. The van der Waals surface area contributed by atoms with Gasteiger partial charge in [0.15, 0.2) is 0 Å². The molecule has 0 aliphatic heterocycles. The first-order valence-corrected chi connectivity index (χ1v) is 9.59. The highest BCUT2D eigenvalue weighted by atomic mass is 32.2. The molecule has 0 aromatic heterocycles. The lowest BCUT2D eigenvalue weighted by molar-refractivity contribution is 0.262. The van der Waals surface area contributed by atoms with Crippen molar-refractivity contribution in [2.24, 2.45) is 0 Å². The minimum atomic E-state index is -4.36. The first-order valence-electron chi connectivity index (χ1n) is 8.15.